The van der Waals surface area contributed by atoms with Gasteiger partial charge in [0.25, 0.3) is 0 Å². The van der Waals surface area contributed by atoms with E-state index in [1.54, 1.807) is 18.5 Å². The van der Waals surface area contributed by atoms with Gasteiger partial charge >= 0.3 is 0 Å². The van der Waals surface area contributed by atoms with Gasteiger partial charge in [-0.1, -0.05) is 6.07 Å². The van der Waals surface area contributed by atoms with Crippen LogP contribution in [0.3, 0.4) is 0 Å². The molecule has 0 aliphatic carbocycles. The van der Waals surface area contributed by atoms with Gasteiger partial charge < -0.3 is 5.32 Å². The summed E-state index contributed by atoms with van der Waals surface area (Å²) in [6.45, 7) is 2.64. The molecule has 0 bridgehead atoms. The largest absolute Gasteiger partial charge is 0.310 e. The van der Waals surface area contributed by atoms with Crippen LogP contribution in [-0.2, 0) is 11.3 Å². The fourth-order valence-electron chi connectivity index (χ4n) is 2.84. The highest BCUT2D eigenvalue weighted by Gasteiger charge is 2.26. The number of halogens is 1. The summed E-state index contributed by atoms with van der Waals surface area (Å²) in [5.41, 5.74) is 1.18. The summed E-state index contributed by atoms with van der Waals surface area (Å²) in [4.78, 5) is 23.1. The van der Waals surface area contributed by atoms with Crippen LogP contribution in [-0.4, -0.2) is 33.9 Å². The lowest BCUT2D eigenvalue weighted by atomic mass is 9.97. The first-order valence-electron chi connectivity index (χ1n) is 7.74. The Kier molecular flexibility index (Phi) is 5.35. The molecule has 1 N–H and O–H groups in total. The summed E-state index contributed by atoms with van der Waals surface area (Å²) in [5, 5.41) is 2.91. The number of carbonyl (C=O) groups excluding carboxylic acids is 1. The number of likely N-dealkylation sites (tertiary alicyclic amines) is 1. The molecule has 6 heteroatoms. The number of pyridine rings is 2. The summed E-state index contributed by atoms with van der Waals surface area (Å²) in [7, 11) is 0. The van der Waals surface area contributed by atoms with Gasteiger partial charge in [-0.05, 0) is 59.1 Å². The first-order chi connectivity index (χ1) is 11.2. The lowest BCUT2D eigenvalue weighted by Gasteiger charge is -2.31. The van der Waals surface area contributed by atoms with Crippen LogP contribution in [0.4, 0.5) is 5.82 Å². The molecule has 120 valence electrons. The molecular weight excluding hydrogens is 356 g/mol. The fraction of sp³-hybridized carbons (Fsp3) is 0.353. The molecule has 1 unspecified atom stereocenters. The van der Waals surface area contributed by atoms with Crippen LogP contribution in [0, 0.1) is 5.92 Å². The maximum atomic E-state index is 12.4. The first kappa shape index (κ1) is 16.1. The number of piperidine rings is 1. The summed E-state index contributed by atoms with van der Waals surface area (Å²) < 4.78 is 0.899. The van der Waals surface area contributed by atoms with Gasteiger partial charge in [-0.2, -0.15) is 0 Å². The lowest BCUT2D eigenvalue weighted by molar-refractivity contribution is -0.121. The van der Waals surface area contributed by atoms with E-state index >= 15 is 0 Å². The van der Waals surface area contributed by atoms with Gasteiger partial charge in [0.2, 0.25) is 5.91 Å². The number of nitrogens with one attached hydrogen (secondary N) is 1. The molecule has 1 saturated heterocycles. The minimum Gasteiger partial charge on any atom is -0.310 e. The van der Waals surface area contributed by atoms with Crippen LogP contribution in [0.25, 0.3) is 0 Å². The van der Waals surface area contributed by atoms with Crippen LogP contribution in [0.1, 0.15) is 18.4 Å². The van der Waals surface area contributed by atoms with Gasteiger partial charge in [0.05, 0.1) is 5.92 Å². The highest BCUT2D eigenvalue weighted by Crippen LogP contribution is 2.20. The second kappa shape index (κ2) is 7.66. The van der Waals surface area contributed by atoms with Crippen molar-refractivity contribution in [3.05, 3.63) is 52.9 Å². The third kappa shape index (κ3) is 4.59. The number of amides is 1. The van der Waals surface area contributed by atoms with Crippen LogP contribution in [0.15, 0.2) is 47.3 Å². The Morgan fingerprint density at radius 1 is 1.35 bits per heavy atom. The Bertz CT molecular complexity index is 647. The molecular formula is C17H19BrN4O. The second-order valence-electron chi connectivity index (χ2n) is 5.79. The van der Waals surface area contributed by atoms with E-state index in [-0.39, 0.29) is 11.8 Å². The van der Waals surface area contributed by atoms with E-state index in [2.05, 4.69) is 42.2 Å². The Balaban J connectivity index is 1.57. The van der Waals surface area contributed by atoms with Crippen molar-refractivity contribution < 1.29 is 4.79 Å². The van der Waals surface area contributed by atoms with Gasteiger partial charge in [0.15, 0.2) is 0 Å². The van der Waals surface area contributed by atoms with Crippen molar-refractivity contribution in [1.29, 1.82) is 0 Å². The monoisotopic (exact) mass is 374 g/mol. The minimum absolute atomic E-state index is 0.00543. The van der Waals surface area contributed by atoms with Crippen molar-refractivity contribution in [2.75, 3.05) is 18.4 Å². The number of aromatic nitrogens is 2. The molecule has 23 heavy (non-hydrogen) atoms. The van der Waals surface area contributed by atoms with Crippen molar-refractivity contribution in [2.24, 2.45) is 5.92 Å². The molecule has 1 aliphatic rings. The van der Waals surface area contributed by atoms with Crippen molar-refractivity contribution in [3.8, 4) is 0 Å². The normalized spacial score (nSPS) is 18.6. The Labute approximate surface area is 144 Å². The highest BCUT2D eigenvalue weighted by molar-refractivity contribution is 9.10. The zero-order valence-corrected chi connectivity index (χ0v) is 14.4. The topological polar surface area (TPSA) is 58.1 Å². The van der Waals surface area contributed by atoms with Crippen LogP contribution in [0.2, 0.25) is 0 Å². The molecule has 2 aromatic heterocycles. The molecule has 1 atom stereocenters. The number of anilines is 1. The number of nitrogens with zero attached hydrogens (tertiary/aromatic N) is 3. The number of hydrogen-bond donors (Lipinski definition) is 1. The molecule has 2 aromatic rings. The van der Waals surface area contributed by atoms with E-state index in [1.165, 1.54) is 5.56 Å². The fourth-order valence-corrected chi connectivity index (χ4v) is 3.08. The van der Waals surface area contributed by atoms with Gasteiger partial charge in [0, 0.05) is 36.2 Å². The maximum Gasteiger partial charge on any atom is 0.229 e. The molecule has 1 aliphatic heterocycles. The minimum atomic E-state index is 0.00543. The van der Waals surface area contributed by atoms with Crippen molar-refractivity contribution in [1.82, 2.24) is 14.9 Å². The standard InChI is InChI=1S/C17H19BrN4O/c18-15-5-6-16(20-10-15)21-17(23)14-4-2-8-22(12-14)11-13-3-1-7-19-9-13/h1,3,5-7,9-10,14H,2,4,8,11-12H2,(H,20,21,23). The predicted molar refractivity (Wildman–Crippen MR) is 92.8 cm³/mol. The van der Waals surface area contributed by atoms with Crippen molar-refractivity contribution >= 4 is 27.7 Å². The molecule has 0 spiro atoms. The van der Waals surface area contributed by atoms with E-state index in [9.17, 15) is 4.79 Å². The molecule has 0 radical (unpaired) electrons. The smallest absolute Gasteiger partial charge is 0.229 e. The van der Waals surface area contributed by atoms with E-state index in [0.29, 0.717) is 5.82 Å². The molecule has 3 heterocycles. The molecule has 0 aromatic carbocycles. The summed E-state index contributed by atoms with van der Waals surface area (Å²) >= 11 is 3.34. The van der Waals surface area contributed by atoms with Crippen LogP contribution >= 0.6 is 15.9 Å². The molecule has 0 saturated carbocycles. The third-order valence-electron chi connectivity index (χ3n) is 3.98. The highest BCUT2D eigenvalue weighted by atomic mass is 79.9. The maximum absolute atomic E-state index is 12.4. The quantitative estimate of drug-likeness (QED) is 0.892. The Hall–Kier alpha value is -1.79. The zero-order chi connectivity index (χ0) is 16.1. The van der Waals surface area contributed by atoms with E-state index < -0.39 is 0 Å². The van der Waals surface area contributed by atoms with Gasteiger partial charge in [-0.25, -0.2) is 4.98 Å². The van der Waals surface area contributed by atoms with E-state index in [1.807, 2.05) is 18.3 Å². The van der Waals surface area contributed by atoms with Crippen molar-refractivity contribution in [2.45, 2.75) is 19.4 Å². The molecule has 1 fully saturated rings. The van der Waals surface area contributed by atoms with E-state index in [0.717, 1.165) is 36.9 Å². The zero-order valence-electron chi connectivity index (χ0n) is 12.8. The second-order valence-corrected chi connectivity index (χ2v) is 6.70. The summed E-state index contributed by atoms with van der Waals surface area (Å²) in [6, 6.07) is 7.70. The van der Waals surface area contributed by atoms with Crippen LogP contribution < -0.4 is 5.32 Å². The SMILES string of the molecule is O=C(Nc1ccc(Br)cn1)C1CCCN(Cc2cccnc2)C1. The predicted octanol–water partition coefficient (Wildman–Crippen LogP) is 3.09. The van der Waals surface area contributed by atoms with E-state index in [4.69, 9.17) is 0 Å². The summed E-state index contributed by atoms with van der Waals surface area (Å²) in [5.74, 6) is 0.657. The number of carbonyl (C=O) groups is 1. The Morgan fingerprint density at radius 2 is 2.26 bits per heavy atom. The van der Waals surface area contributed by atoms with Gasteiger partial charge in [-0.15, -0.1) is 0 Å². The van der Waals surface area contributed by atoms with Crippen molar-refractivity contribution in [3.63, 3.8) is 0 Å². The Morgan fingerprint density at radius 3 is 3.00 bits per heavy atom. The third-order valence-corrected chi connectivity index (χ3v) is 4.45. The van der Waals surface area contributed by atoms with Gasteiger partial charge in [0.1, 0.15) is 5.82 Å². The lowest BCUT2D eigenvalue weighted by Crippen LogP contribution is -2.40. The number of rotatable bonds is 4. The molecule has 5 nitrogen and oxygen atoms in total. The van der Waals surface area contributed by atoms with Crippen LogP contribution in [0.5, 0.6) is 0 Å². The number of hydrogen-bond acceptors (Lipinski definition) is 4. The average molecular weight is 375 g/mol. The summed E-state index contributed by atoms with van der Waals surface area (Å²) in [6.07, 6.45) is 7.31. The molecule has 1 amide bonds. The molecule has 3 rings (SSSR count). The average Bonchev–Trinajstić information content (AvgIpc) is 2.58. The van der Waals surface area contributed by atoms with Gasteiger partial charge in [-0.3, -0.25) is 14.7 Å². The first-order valence-corrected chi connectivity index (χ1v) is 8.54.